The number of aromatic nitrogens is 3. The molecule has 0 fully saturated rings. The van der Waals surface area contributed by atoms with Crippen LogP contribution in [-0.4, -0.2) is 15.0 Å². The Morgan fingerprint density at radius 2 is 1.33 bits per heavy atom. The van der Waals surface area contributed by atoms with Crippen molar-refractivity contribution in [1.29, 1.82) is 0 Å². The molecule has 2 aliphatic carbocycles. The van der Waals surface area contributed by atoms with Crippen molar-refractivity contribution in [3.8, 4) is 56.2 Å². The van der Waals surface area contributed by atoms with E-state index in [0.29, 0.717) is 5.92 Å². The van der Waals surface area contributed by atoms with Gasteiger partial charge in [-0.3, -0.25) is 4.98 Å². The molecule has 0 saturated heterocycles. The standard InChI is InChI=1S/C43H33N3/c1-2-9-30(10-3-1)31-18-22-34(23-19-31)41-28-42(35-24-20-32(21-25-35)38-15-8-26-44-29-38)46-43(45-41)37-14-6-13-36(27-37)40-17-7-12-33-11-4-5-16-39(33)40/h1-4,6-9,11-15,17-30H,5,10,16H2. The van der Waals surface area contributed by atoms with Crippen molar-refractivity contribution in [3.63, 3.8) is 0 Å². The van der Waals surface area contributed by atoms with E-state index < -0.39 is 0 Å². The SMILES string of the molecule is C1=CCC(c2ccc(-c3cc(-c4ccc(-c5cccnc5)cc4)nc(-c4cccc(-c5cccc6c5CCC=C6)c4)n3)cc2)C=C1. The minimum atomic E-state index is 0.413. The van der Waals surface area contributed by atoms with E-state index in [0.717, 1.165) is 64.3 Å². The van der Waals surface area contributed by atoms with E-state index in [4.69, 9.17) is 9.97 Å². The molecule has 2 aromatic heterocycles. The fraction of sp³-hybridized carbons (Fsp3) is 0.0930. The second-order valence-electron chi connectivity index (χ2n) is 12.0. The van der Waals surface area contributed by atoms with Crippen LogP contribution in [0.3, 0.4) is 0 Å². The average molecular weight is 592 g/mol. The zero-order valence-electron chi connectivity index (χ0n) is 25.6. The van der Waals surface area contributed by atoms with E-state index in [2.05, 4.69) is 145 Å². The van der Waals surface area contributed by atoms with Crippen LogP contribution >= 0.6 is 0 Å². The second-order valence-corrected chi connectivity index (χ2v) is 12.0. The summed E-state index contributed by atoms with van der Waals surface area (Å²) in [6.45, 7) is 0. The van der Waals surface area contributed by atoms with Crippen molar-refractivity contribution in [1.82, 2.24) is 15.0 Å². The maximum absolute atomic E-state index is 5.17. The normalized spacial score (nSPS) is 15.1. The fourth-order valence-corrected chi connectivity index (χ4v) is 6.54. The quantitative estimate of drug-likeness (QED) is 0.193. The molecule has 4 aromatic carbocycles. The third kappa shape index (κ3) is 5.64. The van der Waals surface area contributed by atoms with Crippen molar-refractivity contribution in [2.24, 2.45) is 0 Å². The number of rotatable bonds is 6. The van der Waals surface area contributed by atoms with E-state index in [-0.39, 0.29) is 0 Å². The molecule has 8 rings (SSSR count). The highest BCUT2D eigenvalue weighted by molar-refractivity contribution is 5.79. The van der Waals surface area contributed by atoms with Crippen molar-refractivity contribution < 1.29 is 0 Å². The Hall–Kier alpha value is -5.67. The van der Waals surface area contributed by atoms with E-state index in [1.165, 1.54) is 27.8 Å². The molecule has 0 amide bonds. The summed E-state index contributed by atoms with van der Waals surface area (Å²) in [7, 11) is 0. The Balaban J connectivity index is 1.21. The van der Waals surface area contributed by atoms with Gasteiger partial charge in [-0.25, -0.2) is 9.97 Å². The predicted molar refractivity (Wildman–Crippen MR) is 190 cm³/mol. The molecule has 0 aliphatic heterocycles. The van der Waals surface area contributed by atoms with Crippen LogP contribution in [0.15, 0.2) is 152 Å². The second kappa shape index (κ2) is 12.4. The van der Waals surface area contributed by atoms with Gasteiger partial charge in [0.15, 0.2) is 5.82 Å². The summed E-state index contributed by atoms with van der Waals surface area (Å²) in [6.07, 6.45) is 20.1. The van der Waals surface area contributed by atoms with Crippen LogP contribution < -0.4 is 0 Å². The summed E-state index contributed by atoms with van der Waals surface area (Å²) < 4.78 is 0. The molecule has 6 aromatic rings. The highest BCUT2D eigenvalue weighted by atomic mass is 14.9. The largest absolute Gasteiger partial charge is 0.264 e. The lowest BCUT2D eigenvalue weighted by molar-refractivity contribution is 0.854. The van der Waals surface area contributed by atoms with Gasteiger partial charge < -0.3 is 0 Å². The van der Waals surface area contributed by atoms with Gasteiger partial charge in [0.25, 0.3) is 0 Å². The van der Waals surface area contributed by atoms with Crippen LogP contribution in [0, 0.1) is 0 Å². The van der Waals surface area contributed by atoms with Gasteiger partial charge in [0.2, 0.25) is 0 Å². The summed E-state index contributed by atoms with van der Waals surface area (Å²) >= 11 is 0. The van der Waals surface area contributed by atoms with E-state index >= 15 is 0 Å². The molecule has 0 saturated carbocycles. The van der Waals surface area contributed by atoms with E-state index in [9.17, 15) is 0 Å². The lowest BCUT2D eigenvalue weighted by Crippen LogP contribution is -1.99. The van der Waals surface area contributed by atoms with Gasteiger partial charge in [-0.15, -0.1) is 0 Å². The molecule has 0 radical (unpaired) electrons. The number of nitrogens with zero attached hydrogens (tertiary/aromatic N) is 3. The zero-order valence-corrected chi connectivity index (χ0v) is 25.6. The minimum absolute atomic E-state index is 0.413. The summed E-state index contributed by atoms with van der Waals surface area (Å²) in [6, 6.07) is 38.9. The Labute approximate surface area is 270 Å². The van der Waals surface area contributed by atoms with Gasteiger partial charge in [-0.05, 0) is 76.4 Å². The fourth-order valence-electron chi connectivity index (χ4n) is 6.54. The van der Waals surface area contributed by atoms with E-state index in [1.54, 1.807) is 6.20 Å². The Bertz CT molecular complexity index is 2100. The molecule has 46 heavy (non-hydrogen) atoms. The van der Waals surface area contributed by atoms with Crippen LogP contribution in [0.5, 0.6) is 0 Å². The van der Waals surface area contributed by atoms with Crippen LogP contribution in [0.2, 0.25) is 0 Å². The van der Waals surface area contributed by atoms with Crippen molar-refractivity contribution in [2.45, 2.75) is 25.2 Å². The first-order chi connectivity index (χ1) is 22.8. The van der Waals surface area contributed by atoms with Gasteiger partial charge in [-0.2, -0.15) is 0 Å². The Morgan fingerprint density at radius 1 is 0.587 bits per heavy atom. The topological polar surface area (TPSA) is 38.7 Å². The predicted octanol–water partition coefficient (Wildman–Crippen LogP) is 10.8. The van der Waals surface area contributed by atoms with Gasteiger partial charge in [-0.1, -0.05) is 127 Å². The number of hydrogen-bond acceptors (Lipinski definition) is 3. The first-order valence-corrected chi connectivity index (χ1v) is 16.0. The molecule has 2 aliphatic rings. The van der Waals surface area contributed by atoms with E-state index in [1.807, 2.05) is 12.3 Å². The molecule has 0 spiro atoms. The van der Waals surface area contributed by atoms with Crippen molar-refractivity contribution in [2.75, 3.05) is 0 Å². The summed E-state index contributed by atoms with van der Waals surface area (Å²) in [4.78, 5) is 14.6. The first-order valence-electron chi connectivity index (χ1n) is 16.0. The number of pyridine rings is 1. The first kappa shape index (κ1) is 27.8. The maximum Gasteiger partial charge on any atom is 0.160 e. The van der Waals surface area contributed by atoms with Gasteiger partial charge in [0, 0.05) is 35.0 Å². The third-order valence-electron chi connectivity index (χ3n) is 9.02. The Kier molecular flexibility index (Phi) is 7.49. The third-order valence-corrected chi connectivity index (χ3v) is 9.02. The molecular weight excluding hydrogens is 558 g/mol. The lowest BCUT2D eigenvalue weighted by atomic mass is 9.89. The van der Waals surface area contributed by atoms with Gasteiger partial charge >= 0.3 is 0 Å². The summed E-state index contributed by atoms with van der Waals surface area (Å²) in [5.41, 5.74) is 13.7. The van der Waals surface area contributed by atoms with Crippen LogP contribution in [-0.2, 0) is 6.42 Å². The van der Waals surface area contributed by atoms with Gasteiger partial charge in [0.1, 0.15) is 0 Å². The molecule has 3 nitrogen and oxygen atoms in total. The molecule has 220 valence electrons. The smallest absolute Gasteiger partial charge is 0.160 e. The summed E-state index contributed by atoms with van der Waals surface area (Å²) in [5, 5.41) is 0. The highest BCUT2D eigenvalue weighted by Crippen LogP contribution is 2.35. The zero-order chi connectivity index (χ0) is 30.7. The average Bonchev–Trinajstić information content (AvgIpc) is 3.15. The molecular formula is C43H33N3. The number of benzene rings is 4. The van der Waals surface area contributed by atoms with Crippen LogP contribution in [0.4, 0.5) is 0 Å². The maximum atomic E-state index is 5.17. The lowest BCUT2D eigenvalue weighted by Gasteiger charge is -2.16. The molecule has 3 heteroatoms. The van der Waals surface area contributed by atoms with Crippen molar-refractivity contribution in [3.05, 3.63) is 169 Å². The molecule has 1 unspecified atom stereocenters. The molecule has 1 atom stereocenters. The highest BCUT2D eigenvalue weighted by Gasteiger charge is 2.15. The number of hydrogen-bond donors (Lipinski definition) is 0. The number of fused-ring (bicyclic) bond motifs is 1. The van der Waals surface area contributed by atoms with Crippen LogP contribution in [0.25, 0.3) is 62.2 Å². The molecule has 0 bridgehead atoms. The Morgan fingerprint density at radius 3 is 2.09 bits per heavy atom. The number of allylic oxidation sites excluding steroid dienone is 5. The summed E-state index contributed by atoms with van der Waals surface area (Å²) in [5.74, 6) is 1.13. The monoisotopic (exact) mass is 591 g/mol. The minimum Gasteiger partial charge on any atom is -0.264 e. The molecule has 2 heterocycles. The van der Waals surface area contributed by atoms with Crippen LogP contribution in [0.1, 0.15) is 35.4 Å². The molecule has 0 N–H and O–H groups in total. The van der Waals surface area contributed by atoms with Crippen molar-refractivity contribution >= 4 is 6.08 Å². The van der Waals surface area contributed by atoms with Gasteiger partial charge in [0.05, 0.1) is 11.4 Å².